The van der Waals surface area contributed by atoms with Gasteiger partial charge in [-0.2, -0.15) is 0 Å². The van der Waals surface area contributed by atoms with E-state index in [0.717, 1.165) is 29.0 Å². The fourth-order valence-electron chi connectivity index (χ4n) is 2.70. The van der Waals surface area contributed by atoms with E-state index in [-0.39, 0.29) is 10.8 Å². The van der Waals surface area contributed by atoms with Gasteiger partial charge in [0.2, 0.25) is 5.28 Å². The van der Waals surface area contributed by atoms with Crippen LogP contribution in [0, 0.1) is 12.8 Å². The van der Waals surface area contributed by atoms with Crippen molar-refractivity contribution in [2.45, 2.75) is 39.7 Å². The summed E-state index contributed by atoms with van der Waals surface area (Å²) in [4.78, 5) is 8.13. The molecule has 2 N–H and O–H groups in total. The van der Waals surface area contributed by atoms with Gasteiger partial charge in [0, 0.05) is 17.3 Å². The summed E-state index contributed by atoms with van der Waals surface area (Å²) in [6, 6.07) is 7.79. The number of aromatic nitrogens is 2. The molecule has 4 nitrogen and oxygen atoms in total. The zero-order valence-corrected chi connectivity index (χ0v) is 14.9. The lowest BCUT2D eigenvalue weighted by atomic mass is 9.93. The quantitative estimate of drug-likeness (QED) is 0.803. The number of ether oxygens (including phenoxy) is 1. The van der Waals surface area contributed by atoms with Gasteiger partial charge in [-0.05, 0) is 67.6 Å². The summed E-state index contributed by atoms with van der Waals surface area (Å²) in [6.07, 6.45) is 2.57. The van der Waals surface area contributed by atoms with Crippen LogP contribution < -0.4 is 10.5 Å². The average molecular weight is 334 g/mol. The van der Waals surface area contributed by atoms with Crippen molar-refractivity contribution in [3.63, 3.8) is 0 Å². The second-order valence-electron chi connectivity index (χ2n) is 6.73. The highest BCUT2D eigenvalue weighted by atomic mass is 35.5. The van der Waals surface area contributed by atoms with Crippen LogP contribution in [0.2, 0.25) is 5.28 Å². The molecule has 1 atom stereocenters. The highest BCUT2D eigenvalue weighted by molar-refractivity contribution is 6.28. The minimum absolute atomic E-state index is 0.244. The first-order chi connectivity index (χ1) is 10.8. The lowest BCUT2D eigenvalue weighted by molar-refractivity contribution is 0.206. The van der Waals surface area contributed by atoms with Gasteiger partial charge in [0.25, 0.3) is 0 Å². The Bertz CT molecular complexity index is 671. The van der Waals surface area contributed by atoms with Crippen LogP contribution in [0.4, 0.5) is 0 Å². The third-order valence-electron chi connectivity index (χ3n) is 3.53. The Morgan fingerprint density at radius 1 is 1.30 bits per heavy atom. The number of hydrogen-bond acceptors (Lipinski definition) is 4. The molecular weight excluding hydrogens is 310 g/mol. The smallest absolute Gasteiger partial charge is 0.222 e. The largest absolute Gasteiger partial charge is 0.491 e. The number of halogens is 1. The number of rotatable bonds is 6. The first-order valence-corrected chi connectivity index (χ1v) is 8.16. The molecule has 1 aromatic carbocycles. The average Bonchev–Trinajstić information content (AvgIpc) is 2.44. The second-order valence-corrected chi connectivity index (χ2v) is 7.07. The maximum atomic E-state index is 6.30. The third kappa shape index (κ3) is 5.19. The number of nitrogens with zero attached hydrogens (tertiary/aromatic N) is 2. The highest BCUT2D eigenvalue weighted by Gasteiger charge is 2.21. The Morgan fingerprint density at radius 2 is 2.04 bits per heavy atom. The van der Waals surface area contributed by atoms with Gasteiger partial charge in [-0.1, -0.05) is 13.8 Å². The topological polar surface area (TPSA) is 61.0 Å². The summed E-state index contributed by atoms with van der Waals surface area (Å²) >= 11 is 5.85. The minimum atomic E-state index is -0.334. The molecule has 2 rings (SSSR count). The second kappa shape index (κ2) is 7.28. The summed E-state index contributed by atoms with van der Waals surface area (Å²) in [5.74, 6) is 1.38. The molecule has 2 aromatic rings. The van der Waals surface area contributed by atoms with Crippen molar-refractivity contribution in [1.82, 2.24) is 9.97 Å². The molecule has 0 aliphatic rings. The summed E-state index contributed by atoms with van der Waals surface area (Å²) in [7, 11) is 0. The van der Waals surface area contributed by atoms with Crippen molar-refractivity contribution in [2.24, 2.45) is 11.7 Å². The van der Waals surface area contributed by atoms with E-state index in [2.05, 4.69) is 23.8 Å². The number of nitrogens with two attached hydrogens (primary N) is 1. The lowest BCUT2D eigenvalue weighted by Crippen LogP contribution is -2.43. The Kier molecular flexibility index (Phi) is 5.60. The lowest BCUT2D eigenvalue weighted by Gasteiger charge is -2.27. The van der Waals surface area contributed by atoms with Gasteiger partial charge in [-0.3, -0.25) is 0 Å². The first-order valence-electron chi connectivity index (χ1n) is 7.78. The Balaban J connectivity index is 2.11. The molecule has 0 bridgehead atoms. The fraction of sp³-hybridized carbons (Fsp3) is 0.444. The molecule has 5 heteroatoms. The van der Waals surface area contributed by atoms with Crippen molar-refractivity contribution in [3.05, 3.63) is 41.3 Å². The van der Waals surface area contributed by atoms with Crippen molar-refractivity contribution < 1.29 is 4.74 Å². The molecule has 23 heavy (non-hydrogen) atoms. The van der Waals surface area contributed by atoms with Crippen LogP contribution in [0.3, 0.4) is 0 Å². The van der Waals surface area contributed by atoms with Crippen LogP contribution >= 0.6 is 11.6 Å². The molecule has 1 unspecified atom stereocenters. The van der Waals surface area contributed by atoms with Crippen LogP contribution in [0.25, 0.3) is 11.3 Å². The van der Waals surface area contributed by atoms with Gasteiger partial charge in [0.05, 0.1) is 5.69 Å². The number of aryl methyl sites for hydroxylation is 1. The summed E-state index contributed by atoms with van der Waals surface area (Å²) < 4.78 is 5.93. The third-order valence-corrected chi connectivity index (χ3v) is 3.71. The zero-order valence-electron chi connectivity index (χ0n) is 14.1. The van der Waals surface area contributed by atoms with E-state index < -0.39 is 0 Å². The molecule has 0 amide bonds. The van der Waals surface area contributed by atoms with E-state index in [1.54, 1.807) is 6.20 Å². The van der Waals surface area contributed by atoms with Gasteiger partial charge in [-0.25, -0.2) is 9.97 Å². The molecular formula is C18H24ClN3O. The number of hydrogen-bond donors (Lipinski definition) is 1. The van der Waals surface area contributed by atoms with E-state index in [0.29, 0.717) is 12.5 Å². The van der Waals surface area contributed by atoms with Crippen LogP contribution in [-0.2, 0) is 0 Å². The van der Waals surface area contributed by atoms with E-state index in [1.165, 1.54) is 0 Å². The predicted molar refractivity (Wildman–Crippen MR) is 94.8 cm³/mol. The van der Waals surface area contributed by atoms with Crippen LogP contribution in [0.1, 0.15) is 32.8 Å². The van der Waals surface area contributed by atoms with Gasteiger partial charge in [0.15, 0.2) is 0 Å². The molecule has 0 radical (unpaired) electrons. The molecule has 0 saturated heterocycles. The maximum Gasteiger partial charge on any atom is 0.222 e. The van der Waals surface area contributed by atoms with E-state index in [9.17, 15) is 0 Å². The van der Waals surface area contributed by atoms with Crippen LogP contribution in [0.15, 0.2) is 30.5 Å². The number of benzene rings is 1. The highest BCUT2D eigenvalue weighted by Crippen LogP contribution is 2.26. The monoisotopic (exact) mass is 333 g/mol. The summed E-state index contributed by atoms with van der Waals surface area (Å²) in [5.41, 5.74) is 8.78. The zero-order chi connectivity index (χ0) is 17.0. The normalized spacial score (nSPS) is 13.9. The molecule has 0 saturated carbocycles. The maximum absolute atomic E-state index is 6.30. The molecule has 124 valence electrons. The SMILES string of the molecule is Cc1cc(-c2ccnc(Cl)n2)ccc1OCC(C)(N)CC(C)C. The summed E-state index contributed by atoms with van der Waals surface area (Å²) in [5, 5.41) is 0.244. The van der Waals surface area contributed by atoms with Crippen molar-refractivity contribution in [1.29, 1.82) is 0 Å². The Labute approximate surface area is 143 Å². The summed E-state index contributed by atoms with van der Waals surface area (Å²) in [6.45, 7) is 8.86. The predicted octanol–water partition coefficient (Wildman–Crippen LogP) is 4.25. The minimum Gasteiger partial charge on any atom is -0.491 e. The van der Waals surface area contributed by atoms with Crippen molar-refractivity contribution in [3.8, 4) is 17.0 Å². The van der Waals surface area contributed by atoms with E-state index >= 15 is 0 Å². The van der Waals surface area contributed by atoms with Crippen LogP contribution in [0.5, 0.6) is 5.75 Å². The fourth-order valence-corrected chi connectivity index (χ4v) is 2.85. The molecule has 0 fully saturated rings. The Hall–Kier alpha value is -1.65. The van der Waals surface area contributed by atoms with Gasteiger partial charge in [0.1, 0.15) is 12.4 Å². The van der Waals surface area contributed by atoms with Gasteiger partial charge < -0.3 is 10.5 Å². The van der Waals surface area contributed by atoms with E-state index in [4.69, 9.17) is 22.1 Å². The van der Waals surface area contributed by atoms with Gasteiger partial charge >= 0.3 is 0 Å². The molecule has 1 heterocycles. The van der Waals surface area contributed by atoms with Gasteiger partial charge in [-0.15, -0.1) is 0 Å². The molecule has 0 aliphatic carbocycles. The molecule has 0 spiro atoms. The Morgan fingerprint density at radius 3 is 2.65 bits per heavy atom. The van der Waals surface area contributed by atoms with Crippen LogP contribution in [-0.4, -0.2) is 22.1 Å². The van der Waals surface area contributed by atoms with E-state index in [1.807, 2.05) is 38.1 Å². The standard InChI is InChI=1S/C18H24ClN3O/c1-12(2)10-18(4,20)11-23-16-6-5-14(9-13(16)3)15-7-8-21-17(19)22-15/h5-9,12H,10-11,20H2,1-4H3. The van der Waals surface area contributed by atoms with Crippen molar-refractivity contribution >= 4 is 11.6 Å². The molecule has 1 aromatic heterocycles. The molecule has 0 aliphatic heterocycles. The van der Waals surface area contributed by atoms with Crippen molar-refractivity contribution in [2.75, 3.05) is 6.61 Å². The first kappa shape index (κ1) is 17.7.